The number of nitrogens with zero attached hydrogens (tertiary/aromatic N) is 1. The molecule has 1 aliphatic heterocycles. The molecule has 1 aliphatic rings. The monoisotopic (exact) mass is 491 g/mol. The summed E-state index contributed by atoms with van der Waals surface area (Å²) in [6.45, 7) is 2.39. The fraction of sp³-hybridized carbons (Fsp3) is 0.286. The van der Waals surface area contributed by atoms with E-state index in [1.165, 1.54) is 0 Å². The van der Waals surface area contributed by atoms with Gasteiger partial charge in [0.05, 0.1) is 13.2 Å². The lowest BCUT2D eigenvalue weighted by Crippen LogP contribution is -2.38. The van der Waals surface area contributed by atoms with Crippen molar-refractivity contribution in [1.29, 1.82) is 0 Å². The number of amides is 1. The van der Waals surface area contributed by atoms with E-state index in [0.717, 1.165) is 49.3 Å². The number of para-hydroxylation sites is 1. The molecule has 1 saturated heterocycles. The van der Waals surface area contributed by atoms with Crippen molar-refractivity contribution in [1.82, 2.24) is 4.90 Å². The Morgan fingerprint density at radius 3 is 2.49 bits per heavy atom. The number of ether oxygens (including phenoxy) is 1. The van der Waals surface area contributed by atoms with Gasteiger partial charge < -0.3 is 15.8 Å². The van der Waals surface area contributed by atoms with E-state index < -0.39 is 6.04 Å². The third-order valence-corrected chi connectivity index (χ3v) is 6.72. The van der Waals surface area contributed by atoms with E-state index in [-0.39, 0.29) is 17.6 Å². The number of Topliss-reactive ketones (excluding diaryl/α,β-unsaturated/α-hetero) is 1. The van der Waals surface area contributed by atoms with E-state index in [1.807, 2.05) is 48.5 Å². The predicted molar refractivity (Wildman–Crippen MR) is 139 cm³/mol. The molecule has 7 heteroatoms. The molecule has 6 nitrogen and oxygen atoms in total. The molecule has 182 valence electrons. The Morgan fingerprint density at radius 2 is 1.77 bits per heavy atom. The fourth-order valence-electron chi connectivity index (χ4n) is 4.52. The van der Waals surface area contributed by atoms with Crippen molar-refractivity contribution in [2.75, 3.05) is 25.5 Å². The molecule has 1 amide bonds. The Morgan fingerprint density at radius 1 is 1.06 bits per heavy atom. The molecule has 4 rings (SSSR count). The van der Waals surface area contributed by atoms with E-state index in [9.17, 15) is 9.59 Å². The van der Waals surface area contributed by atoms with Gasteiger partial charge in [0.1, 0.15) is 5.75 Å². The summed E-state index contributed by atoms with van der Waals surface area (Å²) in [6, 6.07) is 21.4. The van der Waals surface area contributed by atoms with Crippen LogP contribution in [0.2, 0.25) is 5.02 Å². The van der Waals surface area contributed by atoms with Crippen molar-refractivity contribution in [3.05, 3.63) is 94.5 Å². The van der Waals surface area contributed by atoms with Gasteiger partial charge in [-0.25, -0.2) is 0 Å². The Bertz CT molecular complexity index is 1170. The second-order valence-electron chi connectivity index (χ2n) is 8.83. The van der Waals surface area contributed by atoms with Crippen LogP contribution in [0.25, 0.3) is 0 Å². The van der Waals surface area contributed by atoms with E-state index in [4.69, 9.17) is 22.1 Å². The van der Waals surface area contributed by atoms with E-state index in [1.54, 1.807) is 31.4 Å². The number of halogens is 1. The second kappa shape index (κ2) is 11.5. The number of piperidine rings is 1. The maximum absolute atomic E-state index is 13.1. The fourth-order valence-corrected chi connectivity index (χ4v) is 4.64. The standard InChI is InChI=1S/C28H30ClN3O3/c1-35-25-8-3-2-7-24(25)26(30)27(33)20-13-15-32(16-14-20)18-19-5-4-6-23(17-19)31-28(34)21-9-11-22(29)12-10-21/h2-12,17,20,26H,13-16,18,30H2,1H3,(H,31,34). The smallest absolute Gasteiger partial charge is 0.255 e. The normalized spacial score (nSPS) is 15.4. The maximum atomic E-state index is 13.1. The topological polar surface area (TPSA) is 84.7 Å². The first-order chi connectivity index (χ1) is 16.9. The van der Waals surface area contributed by atoms with Crippen LogP contribution in [0.4, 0.5) is 5.69 Å². The number of nitrogens with one attached hydrogen (secondary N) is 1. The van der Waals surface area contributed by atoms with Gasteiger partial charge in [-0.15, -0.1) is 0 Å². The summed E-state index contributed by atoms with van der Waals surface area (Å²) in [7, 11) is 1.59. The number of ketones is 1. The molecule has 0 aromatic heterocycles. The van der Waals surface area contributed by atoms with Gasteiger partial charge in [0.2, 0.25) is 0 Å². The van der Waals surface area contributed by atoms with Crippen LogP contribution in [-0.4, -0.2) is 36.8 Å². The molecule has 0 aliphatic carbocycles. The number of hydrogen-bond acceptors (Lipinski definition) is 5. The highest BCUT2D eigenvalue weighted by Crippen LogP contribution is 2.29. The number of carbonyl (C=O) groups is 2. The Hall–Kier alpha value is -3.19. The number of likely N-dealkylation sites (tertiary alicyclic amines) is 1. The average Bonchev–Trinajstić information content (AvgIpc) is 2.89. The largest absolute Gasteiger partial charge is 0.496 e. The van der Waals surface area contributed by atoms with E-state index in [2.05, 4.69) is 10.2 Å². The molecular formula is C28H30ClN3O3. The summed E-state index contributed by atoms with van der Waals surface area (Å²) in [6.07, 6.45) is 1.54. The second-order valence-corrected chi connectivity index (χ2v) is 9.27. The lowest BCUT2D eigenvalue weighted by atomic mass is 9.86. The van der Waals surface area contributed by atoms with Gasteiger partial charge in [0.15, 0.2) is 5.78 Å². The number of methoxy groups -OCH3 is 1. The zero-order valence-electron chi connectivity index (χ0n) is 19.7. The van der Waals surface area contributed by atoms with Gasteiger partial charge in [-0.3, -0.25) is 14.5 Å². The lowest BCUT2D eigenvalue weighted by Gasteiger charge is -2.32. The minimum atomic E-state index is -0.677. The van der Waals surface area contributed by atoms with Crippen LogP contribution in [0.15, 0.2) is 72.8 Å². The highest BCUT2D eigenvalue weighted by atomic mass is 35.5. The molecule has 1 heterocycles. The van der Waals surface area contributed by atoms with E-state index in [0.29, 0.717) is 16.3 Å². The average molecular weight is 492 g/mol. The molecular weight excluding hydrogens is 462 g/mol. The predicted octanol–water partition coefficient (Wildman–Crippen LogP) is 5.08. The van der Waals surface area contributed by atoms with Crippen LogP contribution in [0.1, 0.15) is 40.4 Å². The third-order valence-electron chi connectivity index (χ3n) is 6.47. The first-order valence-electron chi connectivity index (χ1n) is 11.7. The molecule has 1 atom stereocenters. The van der Waals surface area contributed by atoms with Gasteiger partial charge in [0.25, 0.3) is 5.91 Å². The molecule has 0 radical (unpaired) electrons. The summed E-state index contributed by atoms with van der Waals surface area (Å²) < 4.78 is 5.38. The van der Waals surface area contributed by atoms with Gasteiger partial charge in [-0.2, -0.15) is 0 Å². The molecule has 1 unspecified atom stereocenters. The molecule has 0 saturated carbocycles. The Kier molecular flexibility index (Phi) is 8.18. The molecule has 1 fully saturated rings. The van der Waals surface area contributed by atoms with Crippen LogP contribution in [0.5, 0.6) is 5.75 Å². The van der Waals surface area contributed by atoms with Crippen LogP contribution in [-0.2, 0) is 11.3 Å². The SMILES string of the molecule is COc1ccccc1C(N)C(=O)C1CCN(Cc2cccc(NC(=O)c3ccc(Cl)cc3)c2)CC1. The van der Waals surface area contributed by atoms with Gasteiger partial charge in [0, 0.05) is 34.3 Å². The summed E-state index contributed by atoms with van der Waals surface area (Å²) >= 11 is 5.91. The summed E-state index contributed by atoms with van der Waals surface area (Å²) in [4.78, 5) is 27.9. The zero-order valence-corrected chi connectivity index (χ0v) is 20.5. The molecule has 0 spiro atoms. The maximum Gasteiger partial charge on any atom is 0.255 e. The number of rotatable bonds is 8. The first-order valence-corrected chi connectivity index (χ1v) is 12.1. The highest BCUT2D eigenvalue weighted by molar-refractivity contribution is 6.30. The molecule has 0 bridgehead atoms. The molecule has 3 aromatic rings. The van der Waals surface area contributed by atoms with Crippen LogP contribution < -0.4 is 15.8 Å². The van der Waals surface area contributed by atoms with Gasteiger partial charge in [-0.1, -0.05) is 41.9 Å². The molecule has 3 aromatic carbocycles. The number of anilines is 1. The van der Waals surface area contributed by atoms with Crippen LogP contribution in [0.3, 0.4) is 0 Å². The van der Waals surface area contributed by atoms with Crippen molar-refractivity contribution >= 4 is 29.0 Å². The van der Waals surface area contributed by atoms with Crippen LogP contribution in [0, 0.1) is 5.92 Å². The highest BCUT2D eigenvalue weighted by Gasteiger charge is 2.30. The Labute approximate surface area is 211 Å². The number of hydrogen-bond donors (Lipinski definition) is 2. The molecule has 3 N–H and O–H groups in total. The van der Waals surface area contributed by atoms with Crippen molar-refractivity contribution < 1.29 is 14.3 Å². The first kappa shape index (κ1) is 24.9. The Balaban J connectivity index is 1.31. The minimum absolute atomic E-state index is 0.0591. The quantitative estimate of drug-likeness (QED) is 0.459. The van der Waals surface area contributed by atoms with Gasteiger partial charge >= 0.3 is 0 Å². The summed E-state index contributed by atoms with van der Waals surface area (Å²) in [5.41, 5.74) is 9.47. The minimum Gasteiger partial charge on any atom is -0.496 e. The summed E-state index contributed by atoms with van der Waals surface area (Å²) in [5, 5.41) is 3.54. The van der Waals surface area contributed by atoms with Crippen LogP contribution >= 0.6 is 11.6 Å². The van der Waals surface area contributed by atoms with Crippen molar-refractivity contribution in [2.45, 2.75) is 25.4 Å². The lowest BCUT2D eigenvalue weighted by molar-refractivity contribution is -0.125. The van der Waals surface area contributed by atoms with E-state index >= 15 is 0 Å². The van der Waals surface area contributed by atoms with Gasteiger partial charge in [-0.05, 0) is 74.0 Å². The molecule has 35 heavy (non-hydrogen) atoms. The number of carbonyl (C=O) groups excluding carboxylic acids is 2. The van der Waals surface area contributed by atoms with Crippen molar-refractivity contribution in [2.24, 2.45) is 11.7 Å². The number of nitrogens with two attached hydrogens (primary N) is 1. The number of benzene rings is 3. The summed E-state index contributed by atoms with van der Waals surface area (Å²) in [5.74, 6) is 0.482. The van der Waals surface area contributed by atoms with Crippen molar-refractivity contribution in [3.63, 3.8) is 0 Å². The zero-order chi connectivity index (χ0) is 24.8. The third kappa shape index (κ3) is 6.28. The van der Waals surface area contributed by atoms with Crippen molar-refractivity contribution in [3.8, 4) is 5.75 Å².